The first kappa shape index (κ1) is 8.50. The second-order valence-electron chi connectivity index (χ2n) is 1.55. The van der Waals surface area contributed by atoms with Gasteiger partial charge in [-0.1, -0.05) is 11.8 Å². The molecule has 0 aromatic rings. The van der Waals surface area contributed by atoms with E-state index in [2.05, 4.69) is 22.4 Å². The Morgan fingerprint density at radius 2 is 2.30 bits per heavy atom. The summed E-state index contributed by atoms with van der Waals surface area (Å²) in [5, 5.41) is 3.53. The van der Waals surface area contributed by atoms with Crippen LogP contribution in [0.1, 0.15) is 13.8 Å². The summed E-state index contributed by atoms with van der Waals surface area (Å²) in [5.41, 5.74) is 7.31. The van der Waals surface area contributed by atoms with E-state index in [0.29, 0.717) is 5.71 Å². The molecule has 0 radical (unpaired) electrons. The first-order chi connectivity index (χ1) is 4.66. The van der Waals surface area contributed by atoms with Crippen molar-refractivity contribution in [3.05, 3.63) is 0 Å². The van der Waals surface area contributed by atoms with Crippen LogP contribution in [0.4, 0.5) is 4.79 Å². The van der Waals surface area contributed by atoms with Crippen LogP contribution in [-0.4, -0.2) is 11.7 Å². The molecule has 3 N–H and O–H groups in total. The molecule has 0 spiro atoms. The first-order valence-corrected chi connectivity index (χ1v) is 2.69. The van der Waals surface area contributed by atoms with Crippen LogP contribution in [0.25, 0.3) is 0 Å². The number of rotatable bonds is 1. The molecule has 0 saturated carbocycles. The molecule has 10 heavy (non-hydrogen) atoms. The predicted octanol–water partition coefficient (Wildman–Crippen LogP) is 0.0539. The van der Waals surface area contributed by atoms with Gasteiger partial charge in [-0.2, -0.15) is 5.10 Å². The van der Waals surface area contributed by atoms with E-state index in [1.807, 2.05) is 0 Å². The molecule has 0 heterocycles. The van der Waals surface area contributed by atoms with E-state index >= 15 is 0 Å². The van der Waals surface area contributed by atoms with E-state index in [4.69, 9.17) is 5.73 Å². The van der Waals surface area contributed by atoms with Crippen molar-refractivity contribution < 1.29 is 4.79 Å². The highest BCUT2D eigenvalue weighted by Gasteiger charge is 1.85. The predicted molar refractivity (Wildman–Crippen MR) is 39.3 cm³/mol. The van der Waals surface area contributed by atoms with Crippen LogP contribution in [-0.2, 0) is 0 Å². The van der Waals surface area contributed by atoms with E-state index in [1.54, 1.807) is 13.8 Å². The summed E-state index contributed by atoms with van der Waals surface area (Å²) in [6, 6.07) is -0.683. The minimum atomic E-state index is -0.683. The van der Waals surface area contributed by atoms with Gasteiger partial charge in [0.1, 0.15) is 5.71 Å². The summed E-state index contributed by atoms with van der Waals surface area (Å²) in [6.45, 7) is 3.36. The van der Waals surface area contributed by atoms with Gasteiger partial charge in [0.2, 0.25) is 0 Å². The minimum absolute atomic E-state index is 0.529. The Bertz CT molecular complexity index is 209. The van der Waals surface area contributed by atoms with Crippen molar-refractivity contribution in [2.75, 3.05) is 0 Å². The topological polar surface area (TPSA) is 67.5 Å². The maximum absolute atomic E-state index is 10.1. The van der Waals surface area contributed by atoms with E-state index in [9.17, 15) is 4.79 Å². The zero-order valence-electron chi connectivity index (χ0n) is 5.93. The first-order valence-electron chi connectivity index (χ1n) is 2.69. The monoisotopic (exact) mass is 139 g/mol. The number of nitrogens with zero attached hydrogens (tertiary/aromatic N) is 1. The second kappa shape index (κ2) is 4.39. The SMILES string of the molecule is CC#C/C(C)=N/NC(N)=O. The average Bonchev–Trinajstić information content (AvgIpc) is 1.85. The molecule has 4 heteroatoms. The van der Waals surface area contributed by atoms with Crippen molar-refractivity contribution in [2.45, 2.75) is 13.8 Å². The maximum Gasteiger partial charge on any atom is 0.332 e. The third kappa shape index (κ3) is 4.65. The zero-order chi connectivity index (χ0) is 7.98. The molecule has 2 amide bonds. The fraction of sp³-hybridized carbons (Fsp3) is 0.333. The third-order valence-corrected chi connectivity index (χ3v) is 0.640. The van der Waals surface area contributed by atoms with Crippen molar-refractivity contribution in [1.29, 1.82) is 0 Å². The number of hydrogen-bond donors (Lipinski definition) is 2. The van der Waals surface area contributed by atoms with E-state index in [1.165, 1.54) is 0 Å². The van der Waals surface area contributed by atoms with Gasteiger partial charge < -0.3 is 5.73 Å². The number of urea groups is 1. The van der Waals surface area contributed by atoms with Gasteiger partial charge in [0, 0.05) is 0 Å². The molecule has 0 aliphatic heterocycles. The zero-order valence-corrected chi connectivity index (χ0v) is 5.93. The number of nitrogens with two attached hydrogens (primary N) is 1. The van der Waals surface area contributed by atoms with Gasteiger partial charge in [-0.3, -0.25) is 0 Å². The van der Waals surface area contributed by atoms with E-state index in [0.717, 1.165) is 0 Å². The molecular weight excluding hydrogens is 130 g/mol. The number of nitrogens with one attached hydrogen (secondary N) is 1. The Balaban J connectivity index is 3.88. The van der Waals surface area contributed by atoms with Gasteiger partial charge in [-0.15, -0.1) is 0 Å². The second-order valence-corrected chi connectivity index (χ2v) is 1.55. The standard InChI is InChI=1S/C6H9N3O/c1-3-4-5(2)8-9-6(7)10/h1-2H3,(H3,7,9,10)/b8-5+. The molecule has 0 aliphatic carbocycles. The smallest absolute Gasteiger partial charge is 0.332 e. The van der Waals surface area contributed by atoms with Crippen LogP contribution in [0.5, 0.6) is 0 Å². The maximum atomic E-state index is 10.1. The largest absolute Gasteiger partial charge is 0.350 e. The van der Waals surface area contributed by atoms with Crippen molar-refractivity contribution in [2.24, 2.45) is 10.8 Å². The molecule has 0 aromatic heterocycles. The molecule has 4 nitrogen and oxygen atoms in total. The Morgan fingerprint density at radius 1 is 1.70 bits per heavy atom. The Hall–Kier alpha value is -1.50. The molecule has 0 saturated heterocycles. The third-order valence-electron chi connectivity index (χ3n) is 0.640. The summed E-state index contributed by atoms with van der Waals surface area (Å²) in [5.74, 6) is 5.25. The van der Waals surface area contributed by atoms with Crippen LogP contribution in [0.3, 0.4) is 0 Å². The molecule has 0 unspecified atom stereocenters. The number of carbonyl (C=O) groups excluding carboxylic acids is 1. The van der Waals surface area contributed by atoms with Crippen LogP contribution in [0, 0.1) is 11.8 Å². The molecule has 0 fully saturated rings. The molecule has 54 valence electrons. The lowest BCUT2D eigenvalue weighted by Gasteiger charge is -1.89. The van der Waals surface area contributed by atoms with Crippen LogP contribution >= 0.6 is 0 Å². The molecular formula is C6H9N3O. The average molecular weight is 139 g/mol. The van der Waals surface area contributed by atoms with Crippen LogP contribution in [0.2, 0.25) is 0 Å². The van der Waals surface area contributed by atoms with E-state index in [-0.39, 0.29) is 0 Å². The Morgan fingerprint density at radius 3 is 2.70 bits per heavy atom. The Labute approximate surface area is 59.5 Å². The molecule has 0 bridgehead atoms. The van der Waals surface area contributed by atoms with Crippen molar-refractivity contribution in [1.82, 2.24) is 5.43 Å². The summed E-state index contributed by atoms with van der Waals surface area (Å²) in [6.07, 6.45) is 0. The quantitative estimate of drug-likeness (QED) is 0.301. The Kier molecular flexibility index (Phi) is 3.73. The normalized spacial score (nSPS) is 9.60. The van der Waals surface area contributed by atoms with Crippen molar-refractivity contribution in [3.63, 3.8) is 0 Å². The van der Waals surface area contributed by atoms with Crippen LogP contribution in [0.15, 0.2) is 5.10 Å². The lowest BCUT2D eigenvalue weighted by Crippen LogP contribution is -2.25. The number of hydrazone groups is 1. The summed E-state index contributed by atoms with van der Waals surface area (Å²) >= 11 is 0. The minimum Gasteiger partial charge on any atom is -0.350 e. The van der Waals surface area contributed by atoms with Gasteiger partial charge in [-0.05, 0) is 13.8 Å². The lowest BCUT2D eigenvalue weighted by atomic mass is 10.4. The summed E-state index contributed by atoms with van der Waals surface area (Å²) in [7, 11) is 0. The van der Waals surface area contributed by atoms with Gasteiger partial charge in [0.15, 0.2) is 0 Å². The highest BCUT2D eigenvalue weighted by Crippen LogP contribution is 1.69. The number of amides is 2. The molecule has 0 aromatic carbocycles. The van der Waals surface area contributed by atoms with E-state index < -0.39 is 6.03 Å². The molecule has 0 atom stereocenters. The summed E-state index contributed by atoms with van der Waals surface area (Å²) < 4.78 is 0. The van der Waals surface area contributed by atoms with Gasteiger partial charge in [0.05, 0.1) is 0 Å². The number of carbonyl (C=O) groups is 1. The number of hydrogen-bond acceptors (Lipinski definition) is 2. The highest BCUT2D eigenvalue weighted by atomic mass is 16.2. The number of primary amides is 1. The van der Waals surface area contributed by atoms with Gasteiger partial charge in [-0.25, -0.2) is 10.2 Å². The molecule has 0 aliphatic rings. The lowest BCUT2D eigenvalue weighted by molar-refractivity contribution is 0.249. The van der Waals surface area contributed by atoms with Crippen molar-refractivity contribution >= 4 is 11.7 Å². The van der Waals surface area contributed by atoms with Crippen molar-refractivity contribution in [3.8, 4) is 11.8 Å². The fourth-order valence-corrected chi connectivity index (χ4v) is 0.348. The van der Waals surface area contributed by atoms with Gasteiger partial charge >= 0.3 is 6.03 Å². The summed E-state index contributed by atoms with van der Waals surface area (Å²) in [4.78, 5) is 10.1. The fourth-order valence-electron chi connectivity index (χ4n) is 0.348. The van der Waals surface area contributed by atoms with Gasteiger partial charge in [0.25, 0.3) is 0 Å². The molecule has 0 rings (SSSR count). The van der Waals surface area contributed by atoms with Crippen LogP contribution < -0.4 is 11.2 Å². The highest BCUT2D eigenvalue weighted by molar-refractivity contribution is 5.98.